The first kappa shape index (κ1) is 18.5. The van der Waals surface area contributed by atoms with Crippen LogP contribution in [0.2, 0.25) is 0 Å². The molecule has 1 saturated heterocycles. The van der Waals surface area contributed by atoms with Crippen LogP contribution < -0.4 is 5.32 Å². The molecule has 5 heteroatoms. The Bertz CT molecular complexity index is 1270. The number of carbonyl (C=O) groups excluding carboxylic acids is 1. The second-order valence-electron chi connectivity index (χ2n) is 7.03. The number of thioether (sulfide) groups is 1. The summed E-state index contributed by atoms with van der Waals surface area (Å²) in [6.07, 6.45) is 4.07. The average Bonchev–Trinajstić information content (AvgIpc) is 3.30. The molecule has 0 saturated carbocycles. The van der Waals surface area contributed by atoms with Gasteiger partial charge in [0.05, 0.1) is 10.6 Å². The highest BCUT2D eigenvalue weighted by molar-refractivity contribution is 8.18. The smallest absolute Gasteiger partial charge is 0.264 e. The number of carbonyl (C=O) groups is 1. The number of hydrogen-bond donors (Lipinski definition) is 1. The van der Waals surface area contributed by atoms with Crippen molar-refractivity contribution in [3.63, 3.8) is 0 Å². The standard InChI is InChI=1S/C25H19N3OS/c29-24-23(30-25(27-24)26-20-11-5-2-6-12-20)15-19-17-28(16-18-9-3-1-4-10-18)22-14-8-7-13-21(19)22/h1-15,17H,16H2,(H,26,27,29)/b23-15-. The van der Waals surface area contributed by atoms with E-state index in [0.29, 0.717) is 10.1 Å². The number of rotatable bonds is 4. The molecule has 1 amide bonds. The fourth-order valence-corrected chi connectivity index (χ4v) is 4.38. The van der Waals surface area contributed by atoms with E-state index >= 15 is 0 Å². The van der Waals surface area contributed by atoms with Crippen LogP contribution in [0, 0.1) is 0 Å². The summed E-state index contributed by atoms with van der Waals surface area (Å²) in [5.74, 6) is -0.116. The number of aromatic nitrogens is 1. The predicted molar refractivity (Wildman–Crippen MR) is 125 cm³/mol. The van der Waals surface area contributed by atoms with Crippen LogP contribution in [0.25, 0.3) is 17.0 Å². The summed E-state index contributed by atoms with van der Waals surface area (Å²) in [4.78, 5) is 17.7. The predicted octanol–water partition coefficient (Wildman–Crippen LogP) is 5.58. The summed E-state index contributed by atoms with van der Waals surface area (Å²) in [6, 6.07) is 28.3. The van der Waals surface area contributed by atoms with Gasteiger partial charge in [-0.1, -0.05) is 66.7 Å². The monoisotopic (exact) mass is 409 g/mol. The third-order valence-corrected chi connectivity index (χ3v) is 5.85. The lowest BCUT2D eigenvalue weighted by Crippen LogP contribution is -2.19. The molecule has 30 heavy (non-hydrogen) atoms. The lowest BCUT2D eigenvalue weighted by molar-refractivity contribution is -0.115. The SMILES string of the molecule is O=C1NC(=Nc2ccccc2)S/C1=C\c1cn(Cc2ccccc2)c2ccccc12. The molecule has 1 aliphatic heterocycles. The Morgan fingerprint density at radius 1 is 0.900 bits per heavy atom. The van der Waals surface area contributed by atoms with Crippen molar-refractivity contribution in [1.29, 1.82) is 0 Å². The van der Waals surface area contributed by atoms with Crippen molar-refractivity contribution in [2.75, 3.05) is 0 Å². The summed E-state index contributed by atoms with van der Waals surface area (Å²) in [7, 11) is 0. The number of hydrogen-bond acceptors (Lipinski definition) is 3. The van der Waals surface area contributed by atoms with Gasteiger partial charge in [0.2, 0.25) is 0 Å². The van der Waals surface area contributed by atoms with Crippen LogP contribution in [-0.2, 0) is 11.3 Å². The molecule has 1 fully saturated rings. The van der Waals surface area contributed by atoms with Gasteiger partial charge >= 0.3 is 0 Å². The molecule has 0 spiro atoms. The molecular weight excluding hydrogens is 390 g/mol. The van der Waals surface area contributed by atoms with Crippen molar-refractivity contribution < 1.29 is 4.79 Å². The molecule has 0 radical (unpaired) electrons. The van der Waals surface area contributed by atoms with Gasteiger partial charge in [-0.25, -0.2) is 4.99 Å². The van der Waals surface area contributed by atoms with E-state index in [-0.39, 0.29) is 5.91 Å². The molecule has 1 N–H and O–H groups in total. The van der Waals surface area contributed by atoms with Gasteiger partial charge in [-0.15, -0.1) is 0 Å². The average molecular weight is 410 g/mol. The van der Waals surface area contributed by atoms with E-state index < -0.39 is 0 Å². The first-order chi connectivity index (χ1) is 14.8. The Morgan fingerprint density at radius 3 is 2.40 bits per heavy atom. The van der Waals surface area contributed by atoms with Crippen molar-refractivity contribution in [3.8, 4) is 0 Å². The molecule has 1 aliphatic rings. The van der Waals surface area contributed by atoms with Gasteiger partial charge in [-0.05, 0) is 41.6 Å². The molecule has 4 aromatic rings. The van der Waals surface area contributed by atoms with Gasteiger partial charge < -0.3 is 9.88 Å². The number of amidine groups is 1. The van der Waals surface area contributed by atoms with Crippen LogP contribution in [0.4, 0.5) is 5.69 Å². The highest BCUT2D eigenvalue weighted by Crippen LogP contribution is 2.31. The summed E-state index contributed by atoms with van der Waals surface area (Å²) in [6.45, 7) is 0.782. The maximum Gasteiger partial charge on any atom is 0.264 e. The van der Waals surface area contributed by atoms with Crippen molar-refractivity contribution >= 4 is 45.5 Å². The lowest BCUT2D eigenvalue weighted by Gasteiger charge is -2.05. The van der Waals surface area contributed by atoms with Crippen LogP contribution in [0.1, 0.15) is 11.1 Å². The van der Waals surface area contributed by atoms with Gasteiger partial charge in [0.25, 0.3) is 5.91 Å². The minimum Gasteiger partial charge on any atom is -0.342 e. The lowest BCUT2D eigenvalue weighted by atomic mass is 10.1. The third kappa shape index (κ3) is 3.80. The number of nitrogens with one attached hydrogen (secondary N) is 1. The number of benzene rings is 3. The molecular formula is C25H19N3OS. The largest absolute Gasteiger partial charge is 0.342 e. The van der Waals surface area contributed by atoms with Crippen LogP contribution in [-0.4, -0.2) is 15.6 Å². The Balaban J connectivity index is 1.48. The third-order valence-electron chi connectivity index (χ3n) is 4.94. The zero-order valence-electron chi connectivity index (χ0n) is 16.2. The quantitative estimate of drug-likeness (QED) is 0.447. The Labute approximate surface area is 179 Å². The van der Waals surface area contributed by atoms with Gasteiger partial charge in [0, 0.05) is 29.2 Å². The second-order valence-corrected chi connectivity index (χ2v) is 8.06. The van der Waals surface area contributed by atoms with Crippen molar-refractivity contribution in [1.82, 2.24) is 9.88 Å². The summed E-state index contributed by atoms with van der Waals surface area (Å²) < 4.78 is 2.23. The Hall–Kier alpha value is -3.57. The van der Waals surface area contributed by atoms with E-state index in [4.69, 9.17) is 0 Å². The van der Waals surface area contributed by atoms with E-state index in [2.05, 4.69) is 57.5 Å². The van der Waals surface area contributed by atoms with Crippen LogP contribution in [0.3, 0.4) is 0 Å². The van der Waals surface area contributed by atoms with E-state index in [9.17, 15) is 4.79 Å². The Morgan fingerprint density at radius 2 is 1.60 bits per heavy atom. The van der Waals surface area contributed by atoms with Crippen LogP contribution in [0.15, 0.2) is 101 Å². The van der Waals surface area contributed by atoms with Crippen molar-refractivity contribution in [2.45, 2.75) is 6.54 Å². The number of amides is 1. The van der Waals surface area contributed by atoms with Gasteiger partial charge in [0.15, 0.2) is 5.17 Å². The molecule has 1 aromatic heterocycles. The number of fused-ring (bicyclic) bond motifs is 1. The van der Waals surface area contributed by atoms with E-state index in [1.807, 2.05) is 54.6 Å². The molecule has 2 heterocycles. The highest BCUT2D eigenvalue weighted by Gasteiger charge is 2.24. The highest BCUT2D eigenvalue weighted by atomic mass is 32.2. The van der Waals surface area contributed by atoms with Crippen molar-refractivity contribution in [2.24, 2.45) is 4.99 Å². The summed E-state index contributed by atoms with van der Waals surface area (Å²) in [5, 5.41) is 4.60. The zero-order valence-corrected chi connectivity index (χ0v) is 17.0. The molecule has 0 atom stereocenters. The summed E-state index contributed by atoms with van der Waals surface area (Å²) >= 11 is 1.37. The van der Waals surface area contributed by atoms with E-state index in [1.54, 1.807) is 0 Å². The minimum atomic E-state index is -0.116. The van der Waals surface area contributed by atoms with Gasteiger partial charge in [-0.3, -0.25) is 4.79 Å². The molecule has 4 nitrogen and oxygen atoms in total. The first-order valence-electron chi connectivity index (χ1n) is 9.73. The number of para-hydroxylation sites is 2. The zero-order chi connectivity index (χ0) is 20.3. The van der Waals surface area contributed by atoms with Crippen LogP contribution in [0.5, 0.6) is 0 Å². The topological polar surface area (TPSA) is 46.4 Å². The first-order valence-corrected chi connectivity index (χ1v) is 10.5. The molecule has 3 aromatic carbocycles. The van der Waals surface area contributed by atoms with Crippen LogP contribution >= 0.6 is 11.8 Å². The molecule has 5 rings (SSSR count). The fourth-order valence-electron chi connectivity index (χ4n) is 3.54. The molecule has 146 valence electrons. The minimum absolute atomic E-state index is 0.116. The van der Waals surface area contributed by atoms with Gasteiger partial charge in [-0.2, -0.15) is 0 Å². The maximum absolute atomic E-state index is 12.5. The summed E-state index contributed by atoms with van der Waals surface area (Å²) in [5.41, 5.74) is 4.23. The number of nitrogens with zero attached hydrogens (tertiary/aromatic N) is 2. The maximum atomic E-state index is 12.5. The van der Waals surface area contributed by atoms with Crippen molar-refractivity contribution in [3.05, 3.63) is 107 Å². The van der Waals surface area contributed by atoms with E-state index in [0.717, 1.165) is 28.7 Å². The number of aliphatic imine (C=N–C) groups is 1. The second kappa shape index (κ2) is 8.05. The Kier molecular flexibility index (Phi) is 4.95. The molecule has 0 bridgehead atoms. The van der Waals surface area contributed by atoms with E-state index in [1.165, 1.54) is 17.3 Å². The fraction of sp³-hybridized carbons (Fsp3) is 0.0400. The molecule has 0 unspecified atom stereocenters. The molecule has 0 aliphatic carbocycles. The normalized spacial score (nSPS) is 16.5. The van der Waals surface area contributed by atoms with Gasteiger partial charge in [0.1, 0.15) is 0 Å².